The van der Waals surface area contributed by atoms with Gasteiger partial charge in [-0.15, -0.1) is 5.10 Å². The first kappa shape index (κ1) is 22.6. The Kier molecular flexibility index (Phi) is 6.70. The maximum absolute atomic E-state index is 5.99. The third kappa shape index (κ3) is 5.49. The van der Waals surface area contributed by atoms with Gasteiger partial charge in [0.1, 0.15) is 11.5 Å². The number of rotatable bonds is 9. The number of benzene rings is 3. The molecule has 0 atom stereocenters. The van der Waals surface area contributed by atoms with Gasteiger partial charge in [0.15, 0.2) is 0 Å². The van der Waals surface area contributed by atoms with Gasteiger partial charge in [-0.05, 0) is 49.2 Å². The highest BCUT2D eigenvalue weighted by atomic mass is 16.5. The lowest BCUT2D eigenvalue weighted by Gasteiger charge is -2.09. The van der Waals surface area contributed by atoms with Crippen molar-refractivity contribution in [3.05, 3.63) is 119 Å². The van der Waals surface area contributed by atoms with Gasteiger partial charge < -0.3 is 9.15 Å². The summed E-state index contributed by atoms with van der Waals surface area (Å²) in [6.07, 6.45) is 1.46. The summed E-state index contributed by atoms with van der Waals surface area (Å²) in [6.45, 7) is 5.21. The van der Waals surface area contributed by atoms with Crippen molar-refractivity contribution in [3.63, 3.8) is 0 Å². The topological polar surface area (TPSA) is 66.0 Å². The Bertz CT molecular complexity index is 1370. The van der Waals surface area contributed by atoms with Crippen LogP contribution in [0.1, 0.15) is 34.0 Å². The molecule has 0 amide bonds. The lowest BCUT2D eigenvalue weighted by molar-refractivity contribution is 0.320. The largest absolute Gasteiger partial charge is 0.493 e. The minimum absolute atomic E-state index is 0.536. The van der Waals surface area contributed by atoms with Gasteiger partial charge >= 0.3 is 0 Å². The van der Waals surface area contributed by atoms with Crippen LogP contribution in [0.4, 0.5) is 0 Å². The standard InChI is InChI=1S/C29H28N4O2/c1-21-28(33(32-31-21)20-24-9-5-3-6-10-24)19-23-13-15-26(16-14-23)34-18-17-27-22(2)35-29(30-27)25-11-7-4-8-12-25/h3-16H,17-20H2,1-2H3. The zero-order valence-electron chi connectivity index (χ0n) is 20.0. The van der Waals surface area contributed by atoms with Crippen LogP contribution in [0.3, 0.4) is 0 Å². The van der Waals surface area contributed by atoms with Crippen LogP contribution in [0.15, 0.2) is 89.3 Å². The summed E-state index contributed by atoms with van der Waals surface area (Å²) in [7, 11) is 0. The lowest BCUT2D eigenvalue weighted by atomic mass is 10.1. The maximum atomic E-state index is 5.99. The molecule has 2 heterocycles. The summed E-state index contributed by atoms with van der Waals surface area (Å²) in [4.78, 5) is 4.65. The SMILES string of the molecule is Cc1nnn(Cc2ccccc2)c1Cc1ccc(OCCc2nc(-c3ccccc3)oc2C)cc1. The first-order valence-corrected chi connectivity index (χ1v) is 11.8. The molecular weight excluding hydrogens is 436 g/mol. The van der Waals surface area contributed by atoms with Gasteiger partial charge in [-0.1, -0.05) is 65.9 Å². The van der Waals surface area contributed by atoms with E-state index in [-0.39, 0.29) is 0 Å². The Morgan fingerprint density at radius 2 is 1.54 bits per heavy atom. The van der Waals surface area contributed by atoms with E-state index in [2.05, 4.69) is 39.6 Å². The van der Waals surface area contributed by atoms with Crippen LogP contribution in [0.5, 0.6) is 5.75 Å². The monoisotopic (exact) mass is 464 g/mol. The Hall–Kier alpha value is -4.19. The van der Waals surface area contributed by atoms with Crippen LogP contribution in [0.25, 0.3) is 11.5 Å². The molecule has 0 unspecified atom stereocenters. The van der Waals surface area contributed by atoms with Crippen molar-refractivity contribution in [2.75, 3.05) is 6.61 Å². The highest BCUT2D eigenvalue weighted by Crippen LogP contribution is 2.22. The van der Waals surface area contributed by atoms with Crippen molar-refractivity contribution in [3.8, 4) is 17.2 Å². The highest BCUT2D eigenvalue weighted by molar-refractivity contribution is 5.53. The fraction of sp³-hybridized carbons (Fsp3) is 0.207. The second-order valence-corrected chi connectivity index (χ2v) is 8.57. The van der Waals surface area contributed by atoms with Crippen LogP contribution >= 0.6 is 0 Å². The molecule has 0 aliphatic heterocycles. The normalized spacial score (nSPS) is 11.0. The van der Waals surface area contributed by atoms with Crippen molar-refractivity contribution in [1.29, 1.82) is 0 Å². The van der Waals surface area contributed by atoms with Crippen molar-refractivity contribution < 1.29 is 9.15 Å². The Balaban J connectivity index is 1.18. The summed E-state index contributed by atoms with van der Waals surface area (Å²) in [6, 6.07) is 28.5. The number of aromatic nitrogens is 4. The van der Waals surface area contributed by atoms with Crippen LogP contribution in [0.2, 0.25) is 0 Å². The molecule has 3 aromatic carbocycles. The van der Waals surface area contributed by atoms with E-state index in [9.17, 15) is 0 Å². The first-order valence-electron chi connectivity index (χ1n) is 11.8. The number of hydrogen-bond donors (Lipinski definition) is 0. The van der Waals surface area contributed by atoms with Crippen LogP contribution in [-0.2, 0) is 19.4 Å². The minimum atomic E-state index is 0.536. The quantitative estimate of drug-likeness (QED) is 0.275. The molecule has 0 saturated carbocycles. The predicted molar refractivity (Wildman–Crippen MR) is 135 cm³/mol. The second kappa shape index (κ2) is 10.4. The van der Waals surface area contributed by atoms with Gasteiger partial charge in [0, 0.05) is 18.4 Å². The highest BCUT2D eigenvalue weighted by Gasteiger charge is 2.12. The molecule has 0 aliphatic carbocycles. The molecule has 6 nitrogen and oxygen atoms in total. The molecular formula is C29H28N4O2. The smallest absolute Gasteiger partial charge is 0.226 e. The molecule has 6 heteroatoms. The van der Waals surface area contributed by atoms with Gasteiger partial charge in [-0.2, -0.15) is 0 Å². The Labute approximate surface area is 205 Å². The van der Waals surface area contributed by atoms with E-state index in [0.29, 0.717) is 25.5 Å². The van der Waals surface area contributed by atoms with Crippen molar-refractivity contribution in [2.45, 2.75) is 33.2 Å². The van der Waals surface area contributed by atoms with E-state index in [0.717, 1.165) is 40.6 Å². The van der Waals surface area contributed by atoms with E-state index in [4.69, 9.17) is 9.15 Å². The van der Waals surface area contributed by atoms with E-state index < -0.39 is 0 Å². The Morgan fingerprint density at radius 1 is 0.829 bits per heavy atom. The summed E-state index contributed by atoms with van der Waals surface area (Å²) >= 11 is 0. The van der Waals surface area contributed by atoms with E-state index in [1.54, 1.807) is 0 Å². The summed E-state index contributed by atoms with van der Waals surface area (Å²) in [5, 5.41) is 8.65. The average Bonchev–Trinajstić information content (AvgIpc) is 3.43. The van der Waals surface area contributed by atoms with E-state index in [1.807, 2.05) is 79.2 Å². The molecule has 0 spiro atoms. The number of ether oxygens (including phenoxy) is 1. The van der Waals surface area contributed by atoms with Crippen LogP contribution < -0.4 is 4.74 Å². The molecule has 0 fully saturated rings. The first-order chi connectivity index (χ1) is 17.2. The fourth-order valence-electron chi connectivity index (χ4n) is 4.05. The number of nitrogens with zero attached hydrogens (tertiary/aromatic N) is 4. The van der Waals surface area contributed by atoms with Gasteiger partial charge in [0.2, 0.25) is 5.89 Å². The fourth-order valence-corrected chi connectivity index (χ4v) is 4.05. The molecule has 0 radical (unpaired) electrons. The van der Waals surface area contributed by atoms with Crippen molar-refractivity contribution >= 4 is 0 Å². The molecule has 0 saturated heterocycles. The van der Waals surface area contributed by atoms with Crippen LogP contribution in [0, 0.1) is 13.8 Å². The zero-order chi connectivity index (χ0) is 24.0. The minimum Gasteiger partial charge on any atom is -0.493 e. The third-order valence-electron chi connectivity index (χ3n) is 6.02. The average molecular weight is 465 g/mol. The summed E-state index contributed by atoms with van der Waals surface area (Å²) in [5.74, 6) is 2.32. The van der Waals surface area contributed by atoms with Gasteiger partial charge in [0.25, 0.3) is 0 Å². The zero-order valence-corrected chi connectivity index (χ0v) is 20.0. The second-order valence-electron chi connectivity index (χ2n) is 8.57. The van der Waals surface area contributed by atoms with Crippen molar-refractivity contribution in [2.24, 2.45) is 0 Å². The molecule has 0 aliphatic rings. The third-order valence-corrected chi connectivity index (χ3v) is 6.02. The molecule has 0 bridgehead atoms. The molecule has 2 aromatic heterocycles. The van der Waals surface area contributed by atoms with E-state index >= 15 is 0 Å². The summed E-state index contributed by atoms with van der Waals surface area (Å²) < 4.78 is 13.8. The van der Waals surface area contributed by atoms with Gasteiger partial charge in [0.05, 0.1) is 30.2 Å². The molecule has 5 rings (SSSR count). The summed E-state index contributed by atoms with van der Waals surface area (Å²) in [5.41, 5.74) is 6.39. The number of aryl methyl sites for hydroxylation is 2. The van der Waals surface area contributed by atoms with Gasteiger partial charge in [-0.3, -0.25) is 0 Å². The predicted octanol–water partition coefficient (Wildman–Crippen LogP) is 5.81. The van der Waals surface area contributed by atoms with Crippen LogP contribution in [-0.4, -0.2) is 26.6 Å². The van der Waals surface area contributed by atoms with E-state index in [1.165, 1.54) is 11.1 Å². The molecule has 5 aromatic rings. The van der Waals surface area contributed by atoms with Gasteiger partial charge in [-0.25, -0.2) is 9.67 Å². The molecule has 0 N–H and O–H groups in total. The van der Waals surface area contributed by atoms with Crippen molar-refractivity contribution in [1.82, 2.24) is 20.0 Å². The Morgan fingerprint density at radius 3 is 2.29 bits per heavy atom. The number of hydrogen-bond acceptors (Lipinski definition) is 5. The lowest BCUT2D eigenvalue weighted by Crippen LogP contribution is -2.08. The molecule has 35 heavy (non-hydrogen) atoms. The molecule has 176 valence electrons. The number of oxazole rings is 1. The maximum Gasteiger partial charge on any atom is 0.226 e.